The van der Waals surface area contributed by atoms with Crippen molar-refractivity contribution in [3.8, 4) is 6.07 Å². The minimum Gasteiger partial charge on any atom is -0.456 e. The Bertz CT molecular complexity index is 1500. The first-order valence-corrected chi connectivity index (χ1v) is 12.8. The summed E-state index contributed by atoms with van der Waals surface area (Å²) in [7, 11) is 1.73. The molecule has 1 aromatic heterocycles. The molecule has 0 bridgehead atoms. The third kappa shape index (κ3) is 4.55. The lowest BCUT2D eigenvalue weighted by Gasteiger charge is -2.25. The van der Waals surface area contributed by atoms with Crippen LogP contribution in [0.2, 0.25) is 0 Å². The number of esters is 1. The van der Waals surface area contributed by atoms with Crippen molar-refractivity contribution < 1.29 is 9.53 Å². The average molecular weight is 500 g/mol. The van der Waals surface area contributed by atoms with Crippen LogP contribution in [0.1, 0.15) is 67.2 Å². The third-order valence-corrected chi connectivity index (χ3v) is 7.31. The highest BCUT2D eigenvalue weighted by Crippen LogP contribution is 2.46. The Kier molecular flexibility index (Phi) is 5.98. The Morgan fingerprint density at radius 2 is 1.92 bits per heavy atom. The van der Waals surface area contributed by atoms with Crippen LogP contribution in [0.15, 0.2) is 35.1 Å². The first kappa shape index (κ1) is 24.8. The van der Waals surface area contributed by atoms with Crippen molar-refractivity contribution in [2.45, 2.75) is 52.7 Å². The highest BCUT2D eigenvalue weighted by atomic mass is 16.6. The highest BCUT2D eigenvalue weighted by Gasteiger charge is 2.46. The standard InChI is InChI=1S/C29H33N5O3/c1-16-11-21(17(2)31-23-10-8-7-9-20(23)27(36)37-29(3,4)5)25-24(22(16)13-30)26(35)33(6)28(32-25)34-14-18-12-19(18)15-34/h7-11,17-19,31H,12,14-15H2,1-6H3. The van der Waals surface area contributed by atoms with E-state index in [1.165, 1.54) is 6.42 Å². The van der Waals surface area contributed by atoms with Gasteiger partial charge >= 0.3 is 5.97 Å². The summed E-state index contributed by atoms with van der Waals surface area (Å²) < 4.78 is 7.18. The number of aryl methyl sites for hydroxylation is 1. The molecule has 1 N–H and O–H groups in total. The molecular weight excluding hydrogens is 466 g/mol. The number of rotatable bonds is 5. The topological polar surface area (TPSA) is 100 Å². The quantitative estimate of drug-likeness (QED) is 0.508. The molecule has 2 heterocycles. The van der Waals surface area contributed by atoms with Gasteiger partial charge in [0.25, 0.3) is 5.56 Å². The van der Waals surface area contributed by atoms with Gasteiger partial charge in [0.15, 0.2) is 0 Å². The molecule has 37 heavy (non-hydrogen) atoms. The maximum absolute atomic E-state index is 13.6. The van der Waals surface area contributed by atoms with Gasteiger partial charge in [-0.25, -0.2) is 9.78 Å². The number of hydrogen-bond acceptors (Lipinski definition) is 7. The smallest absolute Gasteiger partial charge is 0.340 e. The molecule has 192 valence electrons. The van der Waals surface area contributed by atoms with E-state index in [9.17, 15) is 14.9 Å². The van der Waals surface area contributed by atoms with Gasteiger partial charge < -0.3 is 15.0 Å². The maximum atomic E-state index is 13.6. The van der Waals surface area contributed by atoms with Gasteiger partial charge in [-0.05, 0) is 70.6 Å². The van der Waals surface area contributed by atoms with Crippen LogP contribution in [-0.4, -0.2) is 34.2 Å². The Morgan fingerprint density at radius 3 is 2.57 bits per heavy atom. The van der Waals surface area contributed by atoms with Crippen LogP contribution in [-0.2, 0) is 11.8 Å². The summed E-state index contributed by atoms with van der Waals surface area (Å²) in [5.41, 5.74) is 2.61. The number of benzene rings is 2. The van der Waals surface area contributed by atoms with Gasteiger partial charge in [0.05, 0.1) is 28.1 Å². The molecule has 5 rings (SSSR count). The van der Waals surface area contributed by atoms with Gasteiger partial charge in [0.1, 0.15) is 11.7 Å². The Morgan fingerprint density at radius 1 is 1.24 bits per heavy atom. The van der Waals surface area contributed by atoms with Gasteiger partial charge in [-0.1, -0.05) is 18.2 Å². The Labute approximate surface area is 216 Å². The number of carbonyl (C=O) groups is 1. The number of fused-ring (bicyclic) bond motifs is 2. The second-order valence-electron chi connectivity index (χ2n) is 11.3. The van der Waals surface area contributed by atoms with Crippen LogP contribution < -0.4 is 15.8 Å². The second kappa shape index (κ2) is 8.91. The fourth-order valence-corrected chi connectivity index (χ4v) is 5.35. The molecule has 1 aliphatic carbocycles. The summed E-state index contributed by atoms with van der Waals surface area (Å²) >= 11 is 0. The van der Waals surface area contributed by atoms with E-state index in [1.807, 2.05) is 52.8 Å². The van der Waals surface area contributed by atoms with E-state index < -0.39 is 11.6 Å². The fourth-order valence-electron chi connectivity index (χ4n) is 5.35. The van der Waals surface area contributed by atoms with Gasteiger partial charge in [0, 0.05) is 31.4 Å². The molecule has 1 aliphatic heterocycles. The summed E-state index contributed by atoms with van der Waals surface area (Å²) in [6.45, 7) is 11.1. The van der Waals surface area contributed by atoms with E-state index in [2.05, 4.69) is 16.3 Å². The van der Waals surface area contributed by atoms with E-state index in [0.29, 0.717) is 51.1 Å². The molecule has 0 spiro atoms. The third-order valence-electron chi connectivity index (χ3n) is 7.31. The first-order chi connectivity index (χ1) is 17.5. The molecule has 8 nitrogen and oxygen atoms in total. The molecule has 8 heteroatoms. The van der Waals surface area contributed by atoms with Crippen molar-refractivity contribution in [1.29, 1.82) is 5.26 Å². The van der Waals surface area contributed by atoms with Gasteiger partial charge in [-0.2, -0.15) is 5.26 Å². The summed E-state index contributed by atoms with van der Waals surface area (Å²) in [6, 6.07) is 11.1. The number of aromatic nitrogens is 2. The number of nitriles is 1. The van der Waals surface area contributed by atoms with Crippen LogP contribution in [0.25, 0.3) is 10.9 Å². The van der Waals surface area contributed by atoms with E-state index in [-0.39, 0.29) is 11.6 Å². The summed E-state index contributed by atoms with van der Waals surface area (Å²) in [6.07, 6.45) is 1.25. The predicted octanol–water partition coefficient (Wildman–Crippen LogP) is 4.70. The average Bonchev–Trinajstić information content (AvgIpc) is 3.44. The molecule has 0 radical (unpaired) electrons. The van der Waals surface area contributed by atoms with Gasteiger partial charge in [0.2, 0.25) is 5.95 Å². The maximum Gasteiger partial charge on any atom is 0.340 e. The summed E-state index contributed by atoms with van der Waals surface area (Å²) in [5, 5.41) is 13.7. The lowest BCUT2D eigenvalue weighted by molar-refractivity contribution is 0.00706. The number of anilines is 2. The number of hydrogen-bond donors (Lipinski definition) is 1. The molecule has 3 unspecified atom stereocenters. The second-order valence-corrected chi connectivity index (χ2v) is 11.3. The molecule has 2 aliphatic rings. The number of carbonyl (C=O) groups excluding carboxylic acids is 1. The van der Waals surface area contributed by atoms with Crippen LogP contribution in [0.5, 0.6) is 0 Å². The van der Waals surface area contributed by atoms with Crippen molar-refractivity contribution >= 4 is 28.5 Å². The van der Waals surface area contributed by atoms with Crippen molar-refractivity contribution in [2.75, 3.05) is 23.3 Å². The summed E-state index contributed by atoms with van der Waals surface area (Å²) in [5.74, 6) is 1.60. The minimum absolute atomic E-state index is 0.219. The lowest BCUT2D eigenvalue weighted by atomic mass is 9.96. The minimum atomic E-state index is -0.618. The zero-order valence-electron chi connectivity index (χ0n) is 22.3. The number of para-hydroxylation sites is 1. The van der Waals surface area contributed by atoms with Crippen LogP contribution in [0.4, 0.5) is 11.6 Å². The van der Waals surface area contributed by atoms with Crippen molar-refractivity contribution in [3.63, 3.8) is 0 Å². The Hall–Kier alpha value is -3.86. The highest BCUT2D eigenvalue weighted by molar-refractivity contribution is 5.96. The molecule has 1 saturated carbocycles. The molecule has 3 aromatic rings. The number of piperidine rings is 1. The van der Waals surface area contributed by atoms with Crippen molar-refractivity contribution in [2.24, 2.45) is 18.9 Å². The fraction of sp³-hybridized carbons (Fsp3) is 0.448. The monoisotopic (exact) mass is 499 g/mol. The number of nitrogens with one attached hydrogen (secondary N) is 1. The lowest BCUT2D eigenvalue weighted by Crippen LogP contribution is -2.32. The van der Waals surface area contributed by atoms with E-state index in [0.717, 1.165) is 18.7 Å². The SMILES string of the molecule is Cc1cc(C(C)Nc2ccccc2C(=O)OC(C)(C)C)c2nc(N3CC4CC4C3)n(C)c(=O)c2c1C#N. The number of nitrogens with zero attached hydrogens (tertiary/aromatic N) is 4. The van der Waals surface area contributed by atoms with E-state index in [1.54, 1.807) is 23.7 Å². The molecule has 3 atom stereocenters. The normalized spacial score (nSPS) is 19.3. The Balaban J connectivity index is 1.59. The van der Waals surface area contributed by atoms with Crippen molar-refractivity contribution in [1.82, 2.24) is 9.55 Å². The molecule has 2 fully saturated rings. The molecule has 1 saturated heterocycles. The van der Waals surface area contributed by atoms with Crippen LogP contribution >= 0.6 is 0 Å². The van der Waals surface area contributed by atoms with Gasteiger partial charge in [-0.3, -0.25) is 9.36 Å². The van der Waals surface area contributed by atoms with Crippen LogP contribution in [0.3, 0.4) is 0 Å². The molecule has 0 amide bonds. The van der Waals surface area contributed by atoms with Crippen molar-refractivity contribution in [3.05, 3.63) is 62.9 Å². The molecular formula is C29H33N5O3. The number of ether oxygens (including phenoxy) is 1. The zero-order valence-corrected chi connectivity index (χ0v) is 22.3. The summed E-state index contributed by atoms with van der Waals surface area (Å²) in [4.78, 5) is 33.7. The van der Waals surface area contributed by atoms with Gasteiger partial charge in [-0.15, -0.1) is 0 Å². The first-order valence-electron chi connectivity index (χ1n) is 12.8. The van der Waals surface area contributed by atoms with Crippen LogP contribution in [0, 0.1) is 30.1 Å². The van der Waals surface area contributed by atoms with E-state index >= 15 is 0 Å². The molecule has 2 aromatic carbocycles. The predicted molar refractivity (Wildman–Crippen MR) is 144 cm³/mol. The largest absolute Gasteiger partial charge is 0.456 e. The van der Waals surface area contributed by atoms with E-state index in [4.69, 9.17) is 9.72 Å². The zero-order chi connectivity index (χ0) is 26.6.